The van der Waals surface area contributed by atoms with Crippen LogP contribution in [0.3, 0.4) is 0 Å². The van der Waals surface area contributed by atoms with E-state index in [4.69, 9.17) is 10.5 Å². The normalized spacial score (nSPS) is 9.38. The van der Waals surface area contributed by atoms with Crippen LogP contribution < -0.4 is 0 Å². The number of nitriles is 2. The summed E-state index contributed by atoms with van der Waals surface area (Å²) in [6, 6.07) is 13.5. The Hall–Kier alpha value is -2.59. The summed E-state index contributed by atoms with van der Waals surface area (Å²) in [6.07, 6.45) is 1.59. The van der Waals surface area contributed by atoms with Crippen molar-refractivity contribution in [2.75, 3.05) is 0 Å². The van der Waals surface area contributed by atoms with Crippen LogP contribution in [0.2, 0.25) is 0 Å². The molecule has 4 nitrogen and oxygen atoms in total. The maximum absolute atomic E-state index is 8.98. The Labute approximate surface area is 93.0 Å². The first-order valence-electron chi connectivity index (χ1n) is 4.75. The Bertz CT molecular complexity index is 569. The third kappa shape index (κ3) is 1.77. The Morgan fingerprint density at radius 2 is 1.94 bits per heavy atom. The highest BCUT2D eigenvalue weighted by Gasteiger charge is 2.09. The predicted molar refractivity (Wildman–Crippen MR) is 58.0 cm³/mol. The summed E-state index contributed by atoms with van der Waals surface area (Å²) in [4.78, 5) is 0. The Balaban J connectivity index is 2.50. The van der Waals surface area contributed by atoms with Crippen LogP contribution in [0.5, 0.6) is 0 Å². The van der Waals surface area contributed by atoms with Crippen LogP contribution in [0, 0.1) is 22.7 Å². The Morgan fingerprint density at radius 3 is 2.56 bits per heavy atom. The fourth-order valence-corrected chi connectivity index (χ4v) is 1.47. The zero-order chi connectivity index (χ0) is 11.4. The van der Waals surface area contributed by atoms with Crippen molar-refractivity contribution in [3.8, 4) is 23.4 Å². The van der Waals surface area contributed by atoms with Crippen LogP contribution in [0.15, 0.2) is 36.5 Å². The Kier molecular flexibility index (Phi) is 2.67. The molecule has 0 bridgehead atoms. The molecule has 76 valence electrons. The molecule has 2 aromatic rings. The van der Waals surface area contributed by atoms with Crippen LogP contribution >= 0.6 is 0 Å². The SMILES string of the molecule is N#CCn1cc(C#N)c(-c2ccccc2)n1. The molecule has 4 heteroatoms. The molecule has 16 heavy (non-hydrogen) atoms. The molecule has 0 saturated heterocycles. The minimum atomic E-state index is 0.154. The van der Waals surface area contributed by atoms with Crippen molar-refractivity contribution in [2.24, 2.45) is 0 Å². The van der Waals surface area contributed by atoms with Gasteiger partial charge in [-0.05, 0) is 0 Å². The van der Waals surface area contributed by atoms with Crippen molar-refractivity contribution in [3.05, 3.63) is 42.1 Å². The molecule has 0 amide bonds. The molecule has 0 saturated carbocycles. The van der Waals surface area contributed by atoms with E-state index >= 15 is 0 Å². The van der Waals surface area contributed by atoms with Gasteiger partial charge in [0.15, 0.2) is 0 Å². The van der Waals surface area contributed by atoms with Gasteiger partial charge in [-0.1, -0.05) is 30.3 Å². The largest absolute Gasteiger partial charge is 0.257 e. The Morgan fingerprint density at radius 1 is 1.19 bits per heavy atom. The van der Waals surface area contributed by atoms with Crippen molar-refractivity contribution < 1.29 is 0 Å². The molecular weight excluding hydrogens is 200 g/mol. The van der Waals surface area contributed by atoms with Crippen molar-refractivity contribution >= 4 is 0 Å². The molecule has 0 aliphatic heterocycles. The molecule has 0 unspecified atom stereocenters. The highest BCUT2D eigenvalue weighted by molar-refractivity contribution is 5.65. The standard InChI is InChI=1S/C12H8N4/c13-6-7-16-9-11(8-14)12(15-16)10-4-2-1-3-5-10/h1-5,9H,7H2. The third-order valence-corrected chi connectivity index (χ3v) is 2.16. The minimum absolute atomic E-state index is 0.154. The van der Waals surface area contributed by atoms with E-state index in [0.29, 0.717) is 11.3 Å². The summed E-state index contributed by atoms with van der Waals surface area (Å²) in [5, 5.41) is 21.8. The van der Waals surface area contributed by atoms with Gasteiger partial charge in [0.25, 0.3) is 0 Å². The monoisotopic (exact) mass is 208 g/mol. The lowest BCUT2D eigenvalue weighted by molar-refractivity contribution is 0.712. The van der Waals surface area contributed by atoms with Gasteiger partial charge in [-0.3, -0.25) is 4.68 Å². The molecule has 2 rings (SSSR count). The fraction of sp³-hybridized carbons (Fsp3) is 0.0833. The van der Waals surface area contributed by atoms with Gasteiger partial charge in [0.2, 0.25) is 0 Å². The molecule has 0 N–H and O–H groups in total. The number of benzene rings is 1. The highest BCUT2D eigenvalue weighted by atomic mass is 15.3. The maximum atomic E-state index is 8.98. The van der Waals surface area contributed by atoms with E-state index in [2.05, 4.69) is 11.2 Å². The molecule has 0 spiro atoms. The number of hydrogen-bond donors (Lipinski definition) is 0. The minimum Gasteiger partial charge on any atom is -0.257 e. The number of rotatable bonds is 2. The predicted octanol–water partition coefficient (Wildman–Crippen LogP) is 1.95. The van der Waals surface area contributed by atoms with E-state index in [1.807, 2.05) is 36.4 Å². The van der Waals surface area contributed by atoms with E-state index in [-0.39, 0.29) is 6.54 Å². The lowest BCUT2D eigenvalue weighted by atomic mass is 10.1. The summed E-state index contributed by atoms with van der Waals surface area (Å²) in [6.45, 7) is 0.154. The van der Waals surface area contributed by atoms with Gasteiger partial charge in [0, 0.05) is 11.8 Å². The van der Waals surface area contributed by atoms with E-state index in [0.717, 1.165) is 5.56 Å². The van der Waals surface area contributed by atoms with E-state index in [1.165, 1.54) is 4.68 Å². The average Bonchev–Trinajstić information content (AvgIpc) is 2.74. The second kappa shape index (κ2) is 4.29. The molecular formula is C12H8N4. The first-order chi connectivity index (χ1) is 7.85. The number of nitrogens with zero attached hydrogens (tertiary/aromatic N) is 4. The van der Waals surface area contributed by atoms with Gasteiger partial charge in [-0.15, -0.1) is 0 Å². The number of aromatic nitrogens is 2. The summed E-state index contributed by atoms with van der Waals surface area (Å²) in [7, 11) is 0. The van der Waals surface area contributed by atoms with Gasteiger partial charge in [0.05, 0.1) is 11.6 Å². The van der Waals surface area contributed by atoms with Crippen LogP contribution in [-0.4, -0.2) is 9.78 Å². The van der Waals surface area contributed by atoms with Crippen molar-refractivity contribution in [1.29, 1.82) is 10.5 Å². The van der Waals surface area contributed by atoms with Crippen LogP contribution in [0.4, 0.5) is 0 Å². The summed E-state index contributed by atoms with van der Waals surface area (Å²) >= 11 is 0. The van der Waals surface area contributed by atoms with E-state index < -0.39 is 0 Å². The molecule has 0 aliphatic rings. The molecule has 0 fully saturated rings. The van der Waals surface area contributed by atoms with Crippen molar-refractivity contribution in [1.82, 2.24) is 9.78 Å². The topological polar surface area (TPSA) is 65.4 Å². The van der Waals surface area contributed by atoms with Crippen molar-refractivity contribution in [2.45, 2.75) is 6.54 Å². The lowest BCUT2D eigenvalue weighted by Crippen LogP contribution is -1.95. The second-order valence-electron chi connectivity index (χ2n) is 3.22. The third-order valence-electron chi connectivity index (χ3n) is 2.16. The summed E-state index contributed by atoms with van der Waals surface area (Å²) < 4.78 is 1.47. The number of hydrogen-bond acceptors (Lipinski definition) is 3. The van der Waals surface area contributed by atoms with E-state index in [9.17, 15) is 0 Å². The van der Waals surface area contributed by atoms with Crippen LogP contribution in [0.1, 0.15) is 5.56 Å². The molecule has 0 aliphatic carbocycles. The highest BCUT2D eigenvalue weighted by Crippen LogP contribution is 2.20. The first kappa shape index (κ1) is 9.95. The molecule has 1 heterocycles. The van der Waals surface area contributed by atoms with Gasteiger partial charge in [-0.2, -0.15) is 15.6 Å². The zero-order valence-electron chi connectivity index (χ0n) is 8.46. The molecule has 0 atom stereocenters. The average molecular weight is 208 g/mol. The van der Waals surface area contributed by atoms with Crippen molar-refractivity contribution in [3.63, 3.8) is 0 Å². The van der Waals surface area contributed by atoms with Gasteiger partial charge < -0.3 is 0 Å². The zero-order valence-corrected chi connectivity index (χ0v) is 8.46. The molecule has 1 aromatic carbocycles. The fourth-order valence-electron chi connectivity index (χ4n) is 1.47. The lowest BCUT2D eigenvalue weighted by Gasteiger charge is -1.95. The summed E-state index contributed by atoms with van der Waals surface area (Å²) in [5.41, 5.74) is 2.00. The quantitative estimate of drug-likeness (QED) is 0.757. The maximum Gasteiger partial charge on any atom is 0.128 e. The van der Waals surface area contributed by atoms with Crippen LogP contribution in [0.25, 0.3) is 11.3 Å². The smallest absolute Gasteiger partial charge is 0.128 e. The van der Waals surface area contributed by atoms with Gasteiger partial charge in [0.1, 0.15) is 18.3 Å². The van der Waals surface area contributed by atoms with E-state index in [1.54, 1.807) is 6.20 Å². The summed E-state index contributed by atoms with van der Waals surface area (Å²) in [5.74, 6) is 0. The van der Waals surface area contributed by atoms with Gasteiger partial charge in [-0.25, -0.2) is 0 Å². The first-order valence-corrected chi connectivity index (χ1v) is 4.75. The second-order valence-corrected chi connectivity index (χ2v) is 3.22. The van der Waals surface area contributed by atoms with Crippen LogP contribution in [-0.2, 0) is 6.54 Å². The molecule has 1 aromatic heterocycles. The van der Waals surface area contributed by atoms with Gasteiger partial charge >= 0.3 is 0 Å². The molecule has 0 radical (unpaired) electrons.